The predicted molar refractivity (Wildman–Crippen MR) is 60.2 cm³/mol. The zero-order chi connectivity index (χ0) is 9.80. The second-order valence-electron chi connectivity index (χ2n) is 3.70. The Morgan fingerprint density at radius 2 is 2.14 bits per heavy atom. The van der Waals surface area contributed by atoms with Gasteiger partial charge in [0.15, 0.2) is 0 Å². The van der Waals surface area contributed by atoms with Gasteiger partial charge in [-0.1, -0.05) is 18.9 Å². The van der Waals surface area contributed by atoms with E-state index in [1.807, 2.05) is 23.9 Å². The maximum atomic E-state index is 5.56. The van der Waals surface area contributed by atoms with Gasteiger partial charge in [0.2, 0.25) is 0 Å². The first-order valence-electron chi connectivity index (χ1n) is 5.21. The summed E-state index contributed by atoms with van der Waals surface area (Å²) in [4.78, 5) is 4.49. The molecule has 2 nitrogen and oxygen atoms in total. The van der Waals surface area contributed by atoms with Crippen LogP contribution < -0.4 is 5.73 Å². The van der Waals surface area contributed by atoms with E-state index in [1.54, 1.807) is 0 Å². The fourth-order valence-corrected chi connectivity index (χ4v) is 3.05. The summed E-state index contributed by atoms with van der Waals surface area (Å²) in [6.45, 7) is 0.541. The number of nitrogens with zero attached hydrogens (tertiary/aromatic N) is 1. The number of aromatic nitrogens is 1. The van der Waals surface area contributed by atoms with Crippen molar-refractivity contribution in [3.8, 4) is 0 Å². The highest BCUT2D eigenvalue weighted by molar-refractivity contribution is 7.99. The van der Waals surface area contributed by atoms with Crippen LogP contribution in [0.4, 0.5) is 0 Å². The van der Waals surface area contributed by atoms with E-state index in [0.717, 1.165) is 16.0 Å². The summed E-state index contributed by atoms with van der Waals surface area (Å²) in [5.41, 5.74) is 6.55. The normalized spacial score (nSPS) is 17.5. The minimum absolute atomic E-state index is 0.541. The van der Waals surface area contributed by atoms with E-state index in [4.69, 9.17) is 5.73 Å². The molecule has 0 bridgehead atoms. The molecule has 0 saturated heterocycles. The van der Waals surface area contributed by atoms with E-state index in [2.05, 4.69) is 11.1 Å². The smallest absolute Gasteiger partial charge is 0.0966 e. The number of pyridine rings is 1. The van der Waals surface area contributed by atoms with Gasteiger partial charge in [-0.3, -0.25) is 0 Å². The number of thioether (sulfide) groups is 1. The van der Waals surface area contributed by atoms with Gasteiger partial charge in [-0.05, 0) is 25.0 Å². The molecular formula is C11H16N2S. The first-order chi connectivity index (χ1) is 6.88. The molecule has 1 aromatic rings. The third-order valence-electron chi connectivity index (χ3n) is 2.58. The Labute approximate surface area is 89.3 Å². The molecule has 0 unspecified atom stereocenters. The molecule has 1 aliphatic rings. The lowest BCUT2D eigenvalue weighted by atomic mass is 10.4. The summed E-state index contributed by atoms with van der Waals surface area (Å²) in [6, 6.07) is 6.12. The third kappa shape index (κ3) is 2.49. The lowest BCUT2D eigenvalue weighted by molar-refractivity contribution is 0.886. The van der Waals surface area contributed by atoms with E-state index in [1.165, 1.54) is 25.7 Å². The molecule has 2 N–H and O–H groups in total. The van der Waals surface area contributed by atoms with Gasteiger partial charge in [0, 0.05) is 11.8 Å². The summed E-state index contributed by atoms with van der Waals surface area (Å²) in [5, 5.41) is 1.93. The molecule has 76 valence electrons. The van der Waals surface area contributed by atoms with Crippen molar-refractivity contribution in [2.75, 3.05) is 0 Å². The number of hydrogen-bond acceptors (Lipinski definition) is 3. The van der Waals surface area contributed by atoms with E-state index in [9.17, 15) is 0 Å². The van der Waals surface area contributed by atoms with Crippen LogP contribution in [-0.4, -0.2) is 10.2 Å². The fourth-order valence-electron chi connectivity index (χ4n) is 1.81. The van der Waals surface area contributed by atoms with Gasteiger partial charge in [-0.15, -0.1) is 11.8 Å². The molecule has 0 atom stereocenters. The van der Waals surface area contributed by atoms with Gasteiger partial charge in [-0.2, -0.15) is 0 Å². The zero-order valence-electron chi connectivity index (χ0n) is 8.28. The summed E-state index contributed by atoms with van der Waals surface area (Å²) in [7, 11) is 0. The molecule has 14 heavy (non-hydrogen) atoms. The van der Waals surface area contributed by atoms with E-state index in [-0.39, 0.29) is 0 Å². The van der Waals surface area contributed by atoms with Crippen LogP contribution in [0.3, 0.4) is 0 Å². The molecule has 0 aromatic carbocycles. The zero-order valence-corrected chi connectivity index (χ0v) is 9.09. The molecule has 1 aliphatic carbocycles. The van der Waals surface area contributed by atoms with Crippen LogP contribution >= 0.6 is 11.8 Å². The average Bonchev–Trinajstić information content (AvgIpc) is 2.71. The summed E-state index contributed by atoms with van der Waals surface area (Å²) in [5.74, 6) is 0. The second kappa shape index (κ2) is 4.80. The molecule has 0 aliphatic heterocycles. The standard InChI is InChI=1S/C11H16N2S/c12-8-9-4-3-7-11(13-9)14-10-5-1-2-6-10/h3-4,7,10H,1-2,5-6,8,12H2. The highest BCUT2D eigenvalue weighted by Gasteiger charge is 2.16. The SMILES string of the molecule is NCc1cccc(SC2CCCC2)n1. The quantitative estimate of drug-likeness (QED) is 0.829. The van der Waals surface area contributed by atoms with Gasteiger partial charge in [-0.25, -0.2) is 4.98 Å². The van der Waals surface area contributed by atoms with Crippen LogP contribution in [0.5, 0.6) is 0 Å². The van der Waals surface area contributed by atoms with Crippen LogP contribution in [-0.2, 0) is 6.54 Å². The fraction of sp³-hybridized carbons (Fsp3) is 0.545. The highest BCUT2D eigenvalue weighted by atomic mass is 32.2. The van der Waals surface area contributed by atoms with Gasteiger partial charge in [0.1, 0.15) is 0 Å². The first-order valence-corrected chi connectivity index (χ1v) is 6.09. The van der Waals surface area contributed by atoms with E-state index in [0.29, 0.717) is 6.54 Å². The molecule has 1 aromatic heterocycles. The largest absolute Gasteiger partial charge is 0.325 e. The average molecular weight is 208 g/mol. The molecule has 2 rings (SSSR count). The van der Waals surface area contributed by atoms with Crippen LogP contribution in [0.1, 0.15) is 31.4 Å². The topological polar surface area (TPSA) is 38.9 Å². The van der Waals surface area contributed by atoms with Crippen molar-refractivity contribution in [1.82, 2.24) is 4.98 Å². The molecular weight excluding hydrogens is 192 g/mol. The minimum atomic E-state index is 0.541. The highest BCUT2D eigenvalue weighted by Crippen LogP contribution is 2.33. The van der Waals surface area contributed by atoms with Crippen molar-refractivity contribution in [2.24, 2.45) is 5.73 Å². The number of hydrogen-bond donors (Lipinski definition) is 1. The van der Waals surface area contributed by atoms with Crippen molar-refractivity contribution in [3.63, 3.8) is 0 Å². The lowest BCUT2D eigenvalue weighted by Crippen LogP contribution is -2.01. The van der Waals surface area contributed by atoms with Crippen molar-refractivity contribution < 1.29 is 0 Å². The number of rotatable bonds is 3. The van der Waals surface area contributed by atoms with E-state index >= 15 is 0 Å². The minimum Gasteiger partial charge on any atom is -0.325 e. The van der Waals surface area contributed by atoms with E-state index < -0.39 is 0 Å². The molecule has 0 amide bonds. The van der Waals surface area contributed by atoms with Crippen LogP contribution in [0, 0.1) is 0 Å². The number of nitrogens with two attached hydrogens (primary N) is 1. The molecule has 1 fully saturated rings. The molecule has 3 heteroatoms. The summed E-state index contributed by atoms with van der Waals surface area (Å²) >= 11 is 1.91. The van der Waals surface area contributed by atoms with Gasteiger partial charge in [0.05, 0.1) is 10.7 Å². The Bertz CT molecular complexity index is 295. The van der Waals surface area contributed by atoms with Gasteiger partial charge in [0.25, 0.3) is 0 Å². The summed E-state index contributed by atoms with van der Waals surface area (Å²) < 4.78 is 0. The van der Waals surface area contributed by atoms with Crippen molar-refractivity contribution in [1.29, 1.82) is 0 Å². The third-order valence-corrected chi connectivity index (χ3v) is 3.85. The van der Waals surface area contributed by atoms with Crippen LogP contribution in [0.2, 0.25) is 0 Å². The van der Waals surface area contributed by atoms with Crippen molar-refractivity contribution in [2.45, 2.75) is 42.5 Å². The van der Waals surface area contributed by atoms with Crippen molar-refractivity contribution in [3.05, 3.63) is 23.9 Å². The van der Waals surface area contributed by atoms with Crippen LogP contribution in [0.25, 0.3) is 0 Å². The second-order valence-corrected chi connectivity index (χ2v) is 5.02. The Hall–Kier alpha value is -0.540. The Balaban J connectivity index is 2.00. The van der Waals surface area contributed by atoms with Crippen molar-refractivity contribution >= 4 is 11.8 Å². The summed E-state index contributed by atoms with van der Waals surface area (Å²) in [6.07, 6.45) is 5.46. The van der Waals surface area contributed by atoms with Gasteiger partial charge >= 0.3 is 0 Å². The molecule has 1 saturated carbocycles. The Kier molecular flexibility index (Phi) is 3.43. The van der Waals surface area contributed by atoms with Crippen LogP contribution in [0.15, 0.2) is 23.2 Å². The maximum absolute atomic E-state index is 5.56. The molecule has 0 spiro atoms. The first kappa shape index (κ1) is 9.99. The molecule has 0 radical (unpaired) electrons. The van der Waals surface area contributed by atoms with Gasteiger partial charge < -0.3 is 5.73 Å². The Morgan fingerprint density at radius 1 is 1.36 bits per heavy atom. The maximum Gasteiger partial charge on any atom is 0.0966 e. The monoisotopic (exact) mass is 208 g/mol. The predicted octanol–water partition coefficient (Wildman–Crippen LogP) is 2.58. The lowest BCUT2D eigenvalue weighted by Gasteiger charge is -2.08. The Morgan fingerprint density at radius 3 is 2.86 bits per heavy atom. The molecule has 1 heterocycles.